The van der Waals surface area contributed by atoms with Crippen molar-refractivity contribution in [1.29, 1.82) is 0 Å². The minimum Gasteiger partial charge on any atom is -0.481 e. The van der Waals surface area contributed by atoms with Gasteiger partial charge in [-0.1, -0.05) is 0 Å². The molecule has 64 valence electrons. The fourth-order valence-corrected chi connectivity index (χ4v) is 0.702. The van der Waals surface area contributed by atoms with E-state index in [1.807, 2.05) is 0 Å². The predicted molar refractivity (Wildman–Crippen MR) is 43.7 cm³/mol. The number of hydrogen-bond acceptors (Lipinski definition) is 3. The van der Waals surface area contributed by atoms with E-state index >= 15 is 0 Å². The van der Waals surface area contributed by atoms with E-state index in [0.717, 1.165) is 0 Å². The zero-order chi connectivity index (χ0) is 8.69. The molecule has 0 aliphatic heterocycles. The van der Waals surface area contributed by atoms with Crippen LogP contribution < -0.4 is 5.32 Å². The molecular weight excluding hydrogens is 166 g/mol. The van der Waals surface area contributed by atoms with Gasteiger partial charge in [0.1, 0.15) is 0 Å². The summed E-state index contributed by atoms with van der Waals surface area (Å²) in [6, 6.07) is 0. The van der Waals surface area contributed by atoms with Crippen LogP contribution in [0.2, 0.25) is 0 Å². The first-order valence-electron chi connectivity index (χ1n) is 3.26. The first kappa shape index (κ1) is 10.3. The number of carbonyl (C=O) groups is 2. The average molecular weight is 177 g/mol. The third kappa shape index (κ3) is 7.18. The molecule has 0 aromatic heterocycles. The summed E-state index contributed by atoms with van der Waals surface area (Å²) in [5.41, 5.74) is 0. The minimum atomic E-state index is -0.906. The maximum Gasteiger partial charge on any atom is 0.305 e. The molecule has 0 aliphatic carbocycles. The van der Waals surface area contributed by atoms with Gasteiger partial charge in [-0.05, 0) is 5.75 Å². The Morgan fingerprint density at radius 2 is 2.00 bits per heavy atom. The lowest BCUT2D eigenvalue weighted by atomic mass is 10.4. The van der Waals surface area contributed by atoms with Gasteiger partial charge in [-0.2, -0.15) is 12.6 Å². The highest BCUT2D eigenvalue weighted by molar-refractivity contribution is 7.80. The van der Waals surface area contributed by atoms with Gasteiger partial charge in [0, 0.05) is 13.0 Å². The molecule has 11 heavy (non-hydrogen) atoms. The fourth-order valence-electron chi connectivity index (χ4n) is 0.499. The van der Waals surface area contributed by atoms with Gasteiger partial charge in [-0.3, -0.25) is 9.59 Å². The Morgan fingerprint density at radius 1 is 1.36 bits per heavy atom. The van der Waals surface area contributed by atoms with Crippen molar-refractivity contribution in [3.8, 4) is 0 Å². The fraction of sp³-hybridized carbons (Fsp3) is 0.667. The second-order valence-corrected chi connectivity index (χ2v) is 2.41. The van der Waals surface area contributed by atoms with Crippen LogP contribution in [0.4, 0.5) is 0 Å². The maximum absolute atomic E-state index is 10.7. The summed E-state index contributed by atoms with van der Waals surface area (Å²) in [6.07, 6.45) is 0.307. The maximum atomic E-state index is 10.7. The van der Waals surface area contributed by atoms with E-state index in [4.69, 9.17) is 5.11 Å². The second kappa shape index (κ2) is 6.03. The van der Waals surface area contributed by atoms with Gasteiger partial charge in [-0.25, -0.2) is 0 Å². The largest absolute Gasteiger partial charge is 0.481 e. The normalized spacial score (nSPS) is 9.18. The molecule has 1 amide bonds. The number of carboxylic acid groups (broad SMARTS) is 1. The van der Waals surface area contributed by atoms with E-state index in [-0.39, 0.29) is 18.9 Å². The highest BCUT2D eigenvalue weighted by Crippen LogP contribution is 1.83. The van der Waals surface area contributed by atoms with Gasteiger partial charge >= 0.3 is 5.97 Å². The Hall–Kier alpha value is -0.710. The van der Waals surface area contributed by atoms with Crippen molar-refractivity contribution in [2.45, 2.75) is 12.8 Å². The molecule has 0 heterocycles. The van der Waals surface area contributed by atoms with E-state index < -0.39 is 5.97 Å². The van der Waals surface area contributed by atoms with Crippen molar-refractivity contribution in [3.05, 3.63) is 0 Å². The third-order valence-corrected chi connectivity index (χ3v) is 1.22. The van der Waals surface area contributed by atoms with E-state index in [0.29, 0.717) is 12.2 Å². The van der Waals surface area contributed by atoms with Crippen molar-refractivity contribution < 1.29 is 14.7 Å². The first-order valence-corrected chi connectivity index (χ1v) is 3.89. The summed E-state index contributed by atoms with van der Waals surface area (Å²) < 4.78 is 0. The topological polar surface area (TPSA) is 66.4 Å². The molecule has 0 fully saturated rings. The number of carbonyl (C=O) groups excluding carboxylic acids is 1. The quantitative estimate of drug-likeness (QED) is 0.514. The van der Waals surface area contributed by atoms with Crippen LogP contribution in [-0.2, 0) is 9.59 Å². The summed E-state index contributed by atoms with van der Waals surface area (Å²) in [6.45, 7) is 0.196. The average Bonchev–Trinajstić information content (AvgIpc) is 1.87. The van der Waals surface area contributed by atoms with Crippen LogP contribution in [0, 0.1) is 0 Å². The van der Waals surface area contributed by atoms with Gasteiger partial charge in [0.05, 0.1) is 6.42 Å². The Labute approximate surface area is 70.4 Å². The van der Waals surface area contributed by atoms with Crippen LogP contribution in [-0.4, -0.2) is 29.3 Å². The number of rotatable bonds is 5. The van der Waals surface area contributed by atoms with Gasteiger partial charge < -0.3 is 10.4 Å². The SMILES string of the molecule is O=C(O)CCNC(=O)CCS. The Morgan fingerprint density at radius 3 is 2.45 bits per heavy atom. The highest BCUT2D eigenvalue weighted by atomic mass is 32.1. The van der Waals surface area contributed by atoms with Crippen LogP contribution in [0.15, 0.2) is 0 Å². The number of hydrogen-bond donors (Lipinski definition) is 3. The molecule has 0 spiro atoms. The molecule has 5 heteroatoms. The van der Waals surface area contributed by atoms with Crippen LogP contribution in [0.1, 0.15) is 12.8 Å². The van der Waals surface area contributed by atoms with E-state index in [1.165, 1.54) is 0 Å². The summed E-state index contributed by atoms with van der Waals surface area (Å²) >= 11 is 3.85. The van der Waals surface area contributed by atoms with Gasteiger partial charge in [0.25, 0.3) is 0 Å². The summed E-state index contributed by atoms with van der Waals surface area (Å²) in [5.74, 6) is -0.573. The molecule has 0 saturated carbocycles. The molecule has 0 unspecified atom stereocenters. The van der Waals surface area contributed by atoms with Crippen molar-refractivity contribution >= 4 is 24.5 Å². The number of amides is 1. The number of thiol groups is 1. The number of nitrogens with one attached hydrogen (secondary N) is 1. The standard InChI is InChI=1S/C6H11NO3S/c8-5(2-4-11)7-3-1-6(9)10/h11H,1-4H2,(H,7,8)(H,9,10). The summed E-state index contributed by atoms with van der Waals surface area (Å²) in [5, 5.41) is 10.6. The van der Waals surface area contributed by atoms with Crippen LogP contribution in [0.25, 0.3) is 0 Å². The molecule has 0 aromatic rings. The monoisotopic (exact) mass is 177 g/mol. The van der Waals surface area contributed by atoms with Crippen molar-refractivity contribution in [1.82, 2.24) is 5.32 Å². The molecule has 0 aliphatic rings. The third-order valence-electron chi connectivity index (χ3n) is 1.000. The molecule has 2 N–H and O–H groups in total. The molecule has 0 aromatic carbocycles. The van der Waals surface area contributed by atoms with Crippen molar-refractivity contribution in [2.24, 2.45) is 0 Å². The lowest BCUT2D eigenvalue weighted by molar-refractivity contribution is -0.136. The zero-order valence-electron chi connectivity index (χ0n) is 6.04. The van der Waals surface area contributed by atoms with Crippen LogP contribution in [0.5, 0.6) is 0 Å². The molecule has 0 saturated heterocycles. The molecule has 0 rings (SSSR count). The summed E-state index contributed by atoms with van der Waals surface area (Å²) in [7, 11) is 0. The van der Waals surface area contributed by atoms with Gasteiger partial charge in [0.15, 0.2) is 0 Å². The molecular formula is C6H11NO3S. The van der Waals surface area contributed by atoms with E-state index in [2.05, 4.69) is 17.9 Å². The second-order valence-electron chi connectivity index (χ2n) is 1.97. The van der Waals surface area contributed by atoms with Crippen LogP contribution in [0.3, 0.4) is 0 Å². The molecule has 0 radical (unpaired) electrons. The van der Waals surface area contributed by atoms with Gasteiger partial charge in [-0.15, -0.1) is 0 Å². The van der Waals surface area contributed by atoms with E-state index in [1.54, 1.807) is 0 Å². The first-order chi connectivity index (χ1) is 5.16. The Bertz CT molecular complexity index is 149. The molecule has 4 nitrogen and oxygen atoms in total. The predicted octanol–water partition coefficient (Wildman–Crippen LogP) is -0.103. The highest BCUT2D eigenvalue weighted by Gasteiger charge is 2.00. The lowest BCUT2D eigenvalue weighted by Gasteiger charge is -1.99. The Kier molecular flexibility index (Phi) is 5.64. The number of carboxylic acids is 1. The van der Waals surface area contributed by atoms with E-state index in [9.17, 15) is 9.59 Å². The van der Waals surface area contributed by atoms with Crippen molar-refractivity contribution in [2.75, 3.05) is 12.3 Å². The molecule has 0 atom stereocenters. The molecule has 0 bridgehead atoms. The minimum absolute atomic E-state index is 0.0295. The van der Waals surface area contributed by atoms with Crippen LogP contribution >= 0.6 is 12.6 Å². The Balaban J connectivity index is 3.24. The number of aliphatic carboxylic acids is 1. The van der Waals surface area contributed by atoms with Gasteiger partial charge in [0.2, 0.25) is 5.91 Å². The summed E-state index contributed by atoms with van der Waals surface area (Å²) in [4.78, 5) is 20.6. The zero-order valence-corrected chi connectivity index (χ0v) is 6.93. The lowest BCUT2D eigenvalue weighted by Crippen LogP contribution is -2.25. The smallest absolute Gasteiger partial charge is 0.305 e. The van der Waals surface area contributed by atoms with Crippen molar-refractivity contribution in [3.63, 3.8) is 0 Å².